The summed E-state index contributed by atoms with van der Waals surface area (Å²) >= 11 is 7.14. The topological polar surface area (TPSA) is 64.1 Å². The Balaban J connectivity index is 1.58. The van der Waals surface area contributed by atoms with Gasteiger partial charge in [-0.2, -0.15) is 0 Å². The summed E-state index contributed by atoms with van der Waals surface area (Å²) in [6, 6.07) is 16.4. The lowest BCUT2D eigenvalue weighted by atomic mass is 10.2. The number of amides is 1. The molecular formula is C16H12ClN3O2S. The van der Waals surface area contributed by atoms with Crippen LogP contribution in [0.1, 0.15) is 0 Å². The third kappa shape index (κ3) is 4.28. The molecule has 5 nitrogen and oxygen atoms in total. The number of halogens is 1. The molecule has 7 heteroatoms. The number of anilines is 1. The highest BCUT2D eigenvalue weighted by atomic mass is 35.5. The number of ether oxygens (including phenoxy) is 1. The minimum absolute atomic E-state index is 0.0835. The van der Waals surface area contributed by atoms with Crippen LogP contribution in [0.5, 0.6) is 5.75 Å². The van der Waals surface area contributed by atoms with Gasteiger partial charge >= 0.3 is 0 Å². The number of aromatic nitrogens is 2. The van der Waals surface area contributed by atoms with E-state index in [1.807, 2.05) is 30.3 Å². The van der Waals surface area contributed by atoms with Gasteiger partial charge in [0.25, 0.3) is 5.91 Å². The van der Waals surface area contributed by atoms with Crippen molar-refractivity contribution < 1.29 is 9.53 Å². The minimum atomic E-state index is -0.285. The largest absolute Gasteiger partial charge is 0.484 e. The maximum absolute atomic E-state index is 11.9. The summed E-state index contributed by atoms with van der Waals surface area (Å²) in [5, 5.41) is 12.5. The van der Waals surface area contributed by atoms with E-state index < -0.39 is 0 Å². The Morgan fingerprint density at radius 2 is 1.83 bits per heavy atom. The molecule has 2 aromatic carbocycles. The zero-order valence-electron chi connectivity index (χ0n) is 11.9. The molecule has 0 aliphatic heterocycles. The molecule has 0 radical (unpaired) electrons. The molecule has 0 aliphatic carbocycles. The number of hydrogen-bond donors (Lipinski definition) is 1. The van der Waals surface area contributed by atoms with E-state index in [1.54, 1.807) is 24.3 Å². The minimum Gasteiger partial charge on any atom is -0.484 e. The molecule has 23 heavy (non-hydrogen) atoms. The first-order chi connectivity index (χ1) is 11.2. The van der Waals surface area contributed by atoms with Crippen LogP contribution >= 0.6 is 22.9 Å². The van der Waals surface area contributed by atoms with Crippen LogP contribution in [-0.4, -0.2) is 22.7 Å². The summed E-state index contributed by atoms with van der Waals surface area (Å²) in [6.07, 6.45) is 0. The quantitative estimate of drug-likeness (QED) is 0.762. The summed E-state index contributed by atoms with van der Waals surface area (Å²) in [7, 11) is 0. The Labute approximate surface area is 141 Å². The van der Waals surface area contributed by atoms with Gasteiger partial charge in [-0.25, -0.2) is 0 Å². The number of nitrogens with zero attached hydrogens (tertiary/aromatic N) is 2. The van der Waals surface area contributed by atoms with Gasteiger partial charge in [0, 0.05) is 10.6 Å². The molecule has 0 aliphatic rings. The van der Waals surface area contributed by atoms with Gasteiger partial charge in [-0.15, -0.1) is 10.2 Å². The van der Waals surface area contributed by atoms with E-state index in [9.17, 15) is 4.79 Å². The van der Waals surface area contributed by atoms with E-state index in [0.29, 0.717) is 20.9 Å². The predicted molar refractivity (Wildman–Crippen MR) is 90.9 cm³/mol. The van der Waals surface area contributed by atoms with Gasteiger partial charge in [0.05, 0.1) is 0 Å². The fourth-order valence-corrected chi connectivity index (χ4v) is 2.70. The lowest BCUT2D eigenvalue weighted by Gasteiger charge is -2.04. The van der Waals surface area contributed by atoms with E-state index in [0.717, 1.165) is 5.56 Å². The Hall–Kier alpha value is -2.44. The van der Waals surface area contributed by atoms with Crippen LogP contribution in [0.2, 0.25) is 5.02 Å². The number of benzene rings is 2. The average Bonchev–Trinajstić information content (AvgIpc) is 3.03. The van der Waals surface area contributed by atoms with E-state index in [1.165, 1.54) is 11.3 Å². The van der Waals surface area contributed by atoms with Crippen molar-refractivity contribution in [2.45, 2.75) is 0 Å². The van der Waals surface area contributed by atoms with E-state index in [4.69, 9.17) is 16.3 Å². The second kappa shape index (κ2) is 7.21. The highest BCUT2D eigenvalue weighted by Gasteiger charge is 2.10. The van der Waals surface area contributed by atoms with Crippen molar-refractivity contribution in [3.05, 3.63) is 59.6 Å². The highest BCUT2D eigenvalue weighted by Crippen LogP contribution is 2.27. The lowest BCUT2D eigenvalue weighted by molar-refractivity contribution is -0.118. The third-order valence-corrected chi connectivity index (χ3v) is 4.02. The highest BCUT2D eigenvalue weighted by molar-refractivity contribution is 7.18. The van der Waals surface area contributed by atoms with Crippen LogP contribution in [0, 0.1) is 0 Å². The molecule has 0 saturated carbocycles. The Morgan fingerprint density at radius 1 is 1.09 bits per heavy atom. The van der Waals surface area contributed by atoms with E-state index >= 15 is 0 Å². The molecule has 3 rings (SSSR count). The van der Waals surface area contributed by atoms with Crippen molar-refractivity contribution in [2.24, 2.45) is 0 Å². The molecule has 0 fully saturated rings. The molecule has 1 aromatic heterocycles. The third-order valence-electron chi connectivity index (χ3n) is 2.88. The molecule has 116 valence electrons. The Kier molecular flexibility index (Phi) is 4.85. The van der Waals surface area contributed by atoms with Gasteiger partial charge < -0.3 is 4.74 Å². The van der Waals surface area contributed by atoms with Crippen LogP contribution in [-0.2, 0) is 4.79 Å². The monoisotopic (exact) mass is 345 g/mol. The van der Waals surface area contributed by atoms with Gasteiger partial charge in [0.2, 0.25) is 5.13 Å². The molecule has 0 spiro atoms. The van der Waals surface area contributed by atoms with Crippen LogP contribution in [0.3, 0.4) is 0 Å². The van der Waals surface area contributed by atoms with Crippen molar-refractivity contribution in [1.82, 2.24) is 10.2 Å². The smallest absolute Gasteiger partial charge is 0.264 e. The molecular weight excluding hydrogens is 334 g/mol. The Bertz CT molecular complexity index is 791. The zero-order valence-corrected chi connectivity index (χ0v) is 13.5. The second-order valence-electron chi connectivity index (χ2n) is 4.57. The maximum atomic E-state index is 11.9. The van der Waals surface area contributed by atoms with Gasteiger partial charge in [0.1, 0.15) is 10.8 Å². The van der Waals surface area contributed by atoms with Gasteiger partial charge in [-0.1, -0.05) is 53.3 Å². The zero-order chi connectivity index (χ0) is 16.1. The molecule has 0 bridgehead atoms. The molecule has 3 aromatic rings. The first kappa shape index (κ1) is 15.5. The van der Waals surface area contributed by atoms with E-state index in [2.05, 4.69) is 15.5 Å². The van der Waals surface area contributed by atoms with Crippen molar-refractivity contribution in [2.75, 3.05) is 11.9 Å². The van der Waals surface area contributed by atoms with Crippen LogP contribution in [0.25, 0.3) is 10.6 Å². The number of rotatable bonds is 5. The second-order valence-corrected chi connectivity index (χ2v) is 5.98. The van der Waals surface area contributed by atoms with Gasteiger partial charge in [0.15, 0.2) is 6.61 Å². The van der Waals surface area contributed by atoms with Crippen LogP contribution in [0.4, 0.5) is 5.13 Å². The molecule has 1 amide bonds. The molecule has 0 saturated heterocycles. The summed E-state index contributed by atoms with van der Waals surface area (Å²) in [6.45, 7) is -0.0835. The SMILES string of the molecule is O=C(COc1ccccc1)Nc1nnc(-c2ccc(Cl)cc2)s1. The fourth-order valence-electron chi connectivity index (χ4n) is 1.80. The molecule has 1 N–H and O–H groups in total. The van der Waals surface area contributed by atoms with E-state index in [-0.39, 0.29) is 12.5 Å². The Morgan fingerprint density at radius 3 is 2.57 bits per heavy atom. The van der Waals surface area contributed by atoms with Crippen LogP contribution < -0.4 is 10.1 Å². The molecule has 1 heterocycles. The number of carbonyl (C=O) groups is 1. The predicted octanol–water partition coefficient (Wildman–Crippen LogP) is 3.88. The summed E-state index contributed by atoms with van der Waals surface area (Å²) < 4.78 is 5.37. The fraction of sp³-hybridized carbons (Fsp3) is 0.0625. The normalized spacial score (nSPS) is 10.3. The standard InChI is InChI=1S/C16H12ClN3O2S/c17-12-8-6-11(7-9-12)15-19-20-16(23-15)18-14(21)10-22-13-4-2-1-3-5-13/h1-9H,10H2,(H,18,20,21). The van der Waals surface area contributed by atoms with Gasteiger partial charge in [-0.05, 0) is 24.3 Å². The number of hydrogen-bond acceptors (Lipinski definition) is 5. The summed E-state index contributed by atoms with van der Waals surface area (Å²) in [5.74, 6) is 0.356. The lowest BCUT2D eigenvalue weighted by Crippen LogP contribution is -2.20. The van der Waals surface area contributed by atoms with Crippen molar-refractivity contribution in [1.29, 1.82) is 0 Å². The van der Waals surface area contributed by atoms with Crippen molar-refractivity contribution in [3.63, 3.8) is 0 Å². The number of para-hydroxylation sites is 1. The number of nitrogens with one attached hydrogen (secondary N) is 1. The maximum Gasteiger partial charge on any atom is 0.264 e. The average molecular weight is 346 g/mol. The van der Waals surface area contributed by atoms with Crippen molar-refractivity contribution in [3.8, 4) is 16.3 Å². The number of carbonyl (C=O) groups excluding carboxylic acids is 1. The molecule has 0 unspecified atom stereocenters. The molecule has 0 atom stereocenters. The first-order valence-electron chi connectivity index (χ1n) is 6.78. The van der Waals surface area contributed by atoms with Crippen molar-refractivity contribution >= 4 is 34.0 Å². The van der Waals surface area contributed by atoms with Gasteiger partial charge in [-0.3, -0.25) is 10.1 Å². The first-order valence-corrected chi connectivity index (χ1v) is 7.97. The van der Waals surface area contributed by atoms with Crippen LogP contribution in [0.15, 0.2) is 54.6 Å². The summed E-state index contributed by atoms with van der Waals surface area (Å²) in [5.41, 5.74) is 0.896. The summed E-state index contributed by atoms with van der Waals surface area (Å²) in [4.78, 5) is 11.9.